The standard InChI is InChI=1S/C10H17F2NO2S/c11-10(12)5-9(6-10,7-13)8-2-1-3-16(14,15)4-8/h8H,1-7,13H2. The van der Waals surface area contributed by atoms with Crippen LogP contribution in [0.1, 0.15) is 25.7 Å². The predicted octanol–water partition coefficient (Wildman–Crippen LogP) is 1.19. The van der Waals surface area contributed by atoms with Crippen LogP contribution in [0.3, 0.4) is 0 Å². The van der Waals surface area contributed by atoms with Crippen LogP contribution in [0.2, 0.25) is 0 Å². The van der Waals surface area contributed by atoms with Crippen LogP contribution < -0.4 is 5.73 Å². The molecule has 1 heterocycles. The lowest BCUT2D eigenvalue weighted by Gasteiger charge is -2.52. The number of halogens is 2. The largest absolute Gasteiger partial charge is 0.330 e. The van der Waals surface area contributed by atoms with Gasteiger partial charge < -0.3 is 5.73 Å². The summed E-state index contributed by atoms with van der Waals surface area (Å²) in [5.74, 6) is -2.57. The zero-order chi connectivity index (χ0) is 12.0. The quantitative estimate of drug-likeness (QED) is 0.804. The Morgan fingerprint density at radius 3 is 2.38 bits per heavy atom. The van der Waals surface area contributed by atoms with Gasteiger partial charge >= 0.3 is 0 Å². The fraction of sp³-hybridized carbons (Fsp3) is 1.00. The molecule has 0 aromatic carbocycles. The molecular formula is C10H17F2NO2S. The van der Waals surface area contributed by atoms with Crippen LogP contribution >= 0.6 is 0 Å². The van der Waals surface area contributed by atoms with Gasteiger partial charge in [0.1, 0.15) is 0 Å². The zero-order valence-corrected chi connectivity index (χ0v) is 9.90. The van der Waals surface area contributed by atoms with Crippen LogP contribution in [0.15, 0.2) is 0 Å². The lowest BCUT2D eigenvalue weighted by atomic mass is 9.58. The van der Waals surface area contributed by atoms with Crippen LogP contribution in [0.25, 0.3) is 0 Å². The Morgan fingerprint density at radius 1 is 1.31 bits per heavy atom. The first-order chi connectivity index (χ1) is 7.29. The van der Waals surface area contributed by atoms with Crippen LogP contribution in [0, 0.1) is 11.3 Å². The summed E-state index contributed by atoms with van der Waals surface area (Å²) in [6.07, 6.45) is 0.820. The Balaban J connectivity index is 2.12. The molecule has 2 aliphatic rings. The van der Waals surface area contributed by atoms with Crippen molar-refractivity contribution in [3.63, 3.8) is 0 Å². The van der Waals surface area contributed by atoms with Crippen LogP contribution in [-0.4, -0.2) is 32.4 Å². The first kappa shape index (κ1) is 12.2. The van der Waals surface area contributed by atoms with Crippen molar-refractivity contribution in [3.05, 3.63) is 0 Å². The van der Waals surface area contributed by atoms with Gasteiger partial charge in [0, 0.05) is 12.8 Å². The van der Waals surface area contributed by atoms with Gasteiger partial charge in [0.25, 0.3) is 0 Å². The molecule has 0 aromatic heterocycles. The first-order valence-corrected chi connectivity index (χ1v) is 7.39. The maximum absolute atomic E-state index is 13.0. The van der Waals surface area contributed by atoms with Crippen molar-refractivity contribution in [2.75, 3.05) is 18.1 Å². The van der Waals surface area contributed by atoms with Crippen LogP contribution in [0.4, 0.5) is 8.78 Å². The minimum atomic E-state index is -3.04. The third-order valence-electron chi connectivity index (χ3n) is 3.96. The molecule has 2 N–H and O–H groups in total. The average Bonchev–Trinajstić information content (AvgIpc) is 2.11. The van der Waals surface area contributed by atoms with E-state index in [0.717, 1.165) is 0 Å². The molecule has 0 radical (unpaired) electrons. The molecule has 2 rings (SSSR count). The molecular weight excluding hydrogens is 236 g/mol. The molecule has 0 bridgehead atoms. The van der Waals surface area contributed by atoms with E-state index < -0.39 is 21.2 Å². The van der Waals surface area contributed by atoms with Crippen LogP contribution in [-0.2, 0) is 9.84 Å². The van der Waals surface area contributed by atoms with E-state index in [1.54, 1.807) is 0 Å². The number of hydrogen-bond donors (Lipinski definition) is 1. The van der Waals surface area contributed by atoms with E-state index in [4.69, 9.17) is 5.73 Å². The van der Waals surface area contributed by atoms with Crippen molar-refractivity contribution >= 4 is 9.84 Å². The third kappa shape index (κ3) is 2.09. The van der Waals surface area contributed by atoms with Gasteiger partial charge in [-0.15, -0.1) is 0 Å². The Kier molecular flexibility index (Phi) is 2.78. The van der Waals surface area contributed by atoms with Gasteiger partial charge in [-0.3, -0.25) is 0 Å². The molecule has 16 heavy (non-hydrogen) atoms. The fourth-order valence-electron chi connectivity index (χ4n) is 3.08. The van der Waals surface area contributed by atoms with E-state index in [2.05, 4.69) is 0 Å². The highest BCUT2D eigenvalue weighted by Crippen LogP contribution is 2.57. The van der Waals surface area contributed by atoms with E-state index in [1.165, 1.54) is 0 Å². The lowest BCUT2D eigenvalue weighted by Crippen LogP contribution is -2.56. The Bertz CT molecular complexity index is 372. The van der Waals surface area contributed by atoms with Crippen molar-refractivity contribution in [1.29, 1.82) is 0 Å². The van der Waals surface area contributed by atoms with Gasteiger partial charge in [-0.1, -0.05) is 0 Å². The second kappa shape index (κ2) is 3.63. The third-order valence-corrected chi connectivity index (χ3v) is 5.78. The van der Waals surface area contributed by atoms with Crippen molar-refractivity contribution in [2.24, 2.45) is 17.1 Å². The summed E-state index contributed by atoms with van der Waals surface area (Å²) < 4.78 is 48.9. The van der Waals surface area contributed by atoms with Gasteiger partial charge in [0.2, 0.25) is 5.92 Å². The van der Waals surface area contributed by atoms with E-state index >= 15 is 0 Å². The van der Waals surface area contributed by atoms with Gasteiger partial charge in [-0.05, 0) is 30.7 Å². The highest BCUT2D eigenvalue weighted by molar-refractivity contribution is 7.91. The number of alkyl halides is 2. The Labute approximate surface area is 94.3 Å². The summed E-state index contributed by atoms with van der Waals surface area (Å²) in [6, 6.07) is 0. The molecule has 3 nitrogen and oxygen atoms in total. The van der Waals surface area contributed by atoms with Gasteiger partial charge in [0.05, 0.1) is 11.5 Å². The SMILES string of the molecule is NCC1(C2CCCS(=O)(=O)C2)CC(F)(F)C1. The number of sulfone groups is 1. The second-order valence-electron chi connectivity index (χ2n) is 5.23. The molecule has 0 amide bonds. The fourth-order valence-corrected chi connectivity index (χ4v) is 4.99. The summed E-state index contributed by atoms with van der Waals surface area (Å²) >= 11 is 0. The summed E-state index contributed by atoms with van der Waals surface area (Å²) in [6.45, 7) is 0.169. The molecule has 1 aliphatic carbocycles. The molecule has 6 heteroatoms. The number of nitrogens with two attached hydrogens (primary N) is 1. The summed E-state index contributed by atoms with van der Waals surface area (Å²) in [4.78, 5) is 0. The molecule has 1 atom stereocenters. The number of hydrogen-bond acceptors (Lipinski definition) is 3. The molecule has 1 saturated heterocycles. The zero-order valence-electron chi connectivity index (χ0n) is 9.09. The van der Waals surface area contributed by atoms with E-state index in [9.17, 15) is 17.2 Å². The summed E-state index contributed by atoms with van der Waals surface area (Å²) in [5, 5.41) is 0. The van der Waals surface area contributed by atoms with E-state index in [0.29, 0.717) is 12.8 Å². The average molecular weight is 253 g/mol. The van der Waals surface area contributed by atoms with Gasteiger partial charge in [0.15, 0.2) is 9.84 Å². The van der Waals surface area contributed by atoms with Gasteiger partial charge in [-0.25, -0.2) is 17.2 Å². The minimum Gasteiger partial charge on any atom is -0.330 e. The number of rotatable bonds is 2. The van der Waals surface area contributed by atoms with Crippen molar-refractivity contribution in [1.82, 2.24) is 0 Å². The summed E-state index contributed by atoms with van der Waals surface area (Å²) in [7, 11) is -3.04. The molecule has 1 saturated carbocycles. The monoisotopic (exact) mass is 253 g/mol. The lowest BCUT2D eigenvalue weighted by molar-refractivity contribution is -0.177. The maximum Gasteiger partial charge on any atom is 0.249 e. The molecule has 1 aliphatic heterocycles. The van der Waals surface area contributed by atoms with E-state index in [1.807, 2.05) is 0 Å². The Morgan fingerprint density at radius 2 is 1.94 bits per heavy atom. The molecule has 0 aromatic rings. The second-order valence-corrected chi connectivity index (χ2v) is 7.46. The topological polar surface area (TPSA) is 60.2 Å². The summed E-state index contributed by atoms with van der Waals surface area (Å²) in [5.41, 5.74) is 4.95. The highest BCUT2D eigenvalue weighted by atomic mass is 32.2. The van der Waals surface area contributed by atoms with Crippen LogP contribution in [0.5, 0.6) is 0 Å². The maximum atomic E-state index is 13.0. The molecule has 1 unspecified atom stereocenters. The Hall–Kier alpha value is -0.230. The minimum absolute atomic E-state index is 0.0419. The molecule has 2 fully saturated rings. The van der Waals surface area contributed by atoms with Gasteiger partial charge in [-0.2, -0.15) is 0 Å². The molecule has 94 valence electrons. The smallest absolute Gasteiger partial charge is 0.249 e. The van der Waals surface area contributed by atoms with E-state index in [-0.39, 0.29) is 36.8 Å². The van der Waals surface area contributed by atoms with Crippen molar-refractivity contribution < 1.29 is 17.2 Å². The molecule has 0 spiro atoms. The van der Waals surface area contributed by atoms with Crippen molar-refractivity contribution in [3.8, 4) is 0 Å². The predicted molar refractivity (Wildman–Crippen MR) is 57.0 cm³/mol. The highest BCUT2D eigenvalue weighted by Gasteiger charge is 2.59. The normalized spacial score (nSPS) is 35.3. The van der Waals surface area contributed by atoms with Crippen molar-refractivity contribution in [2.45, 2.75) is 31.6 Å². The first-order valence-electron chi connectivity index (χ1n) is 5.57.